The van der Waals surface area contributed by atoms with Crippen molar-refractivity contribution < 1.29 is 9.47 Å². The minimum Gasteiger partial charge on any atom is -0.493 e. The van der Waals surface area contributed by atoms with E-state index in [9.17, 15) is 0 Å². The molecule has 0 amide bonds. The van der Waals surface area contributed by atoms with Crippen LogP contribution in [0.4, 0.5) is 0 Å². The fourth-order valence-corrected chi connectivity index (χ4v) is 2.30. The molecule has 0 bridgehead atoms. The van der Waals surface area contributed by atoms with Crippen LogP contribution >= 0.6 is 15.9 Å². The van der Waals surface area contributed by atoms with Gasteiger partial charge in [0.25, 0.3) is 0 Å². The minimum atomic E-state index is -0.482. The van der Waals surface area contributed by atoms with Gasteiger partial charge in [-0.1, -0.05) is 6.92 Å². The summed E-state index contributed by atoms with van der Waals surface area (Å²) in [5, 5.41) is 8.97. The van der Waals surface area contributed by atoms with Crippen molar-refractivity contribution in [1.82, 2.24) is 0 Å². The van der Waals surface area contributed by atoms with Gasteiger partial charge in [0, 0.05) is 6.04 Å². The molecule has 0 spiro atoms. The SMILES string of the molecule is CCC(C#N)Oc1c(Br)cc(CC(C)N)cc1OC. The van der Waals surface area contributed by atoms with Crippen molar-refractivity contribution in [1.29, 1.82) is 5.26 Å². The summed E-state index contributed by atoms with van der Waals surface area (Å²) < 4.78 is 11.8. The largest absolute Gasteiger partial charge is 0.493 e. The summed E-state index contributed by atoms with van der Waals surface area (Å²) in [4.78, 5) is 0. The van der Waals surface area contributed by atoms with Crippen molar-refractivity contribution in [3.63, 3.8) is 0 Å². The fraction of sp³-hybridized carbons (Fsp3) is 0.500. The molecule has 0 fully saturated rings. The average Bonchev–Trinajstić information content (AvgIpc) is 2.36. The number of nitrogens with zero attached hydrogens (tertiary/aromatic N) is 1. The number of hydrogen-bond donors (Lipinski definition) is 1. The molecule has 0 aliphatic rings. The van der Waals surface area contributed by atoms with Crippen molar-refractivity contribution in [3.05, 3.63) is 22.2 Å². The van der Waals surface area contributed by atoms with E-state index in [1.807, 2.05) is 26.0 Å². The maximum atomic E-state index is 8.97. The number of nitrogens with two attached hydrogens (primary N) is 1. The van der Waals surface area contributed by atoms with Gasteiger partial charge in [0.1, 0.15) is 6.07 Å². The second kappa shape index (κ2) is 7.37. The fourth-order valence-electron chi connectivity index (χ4n) is 1.72. The van der Waals surface area contributed by atoms with Gasteiger partial charge >= 0.3 is 0 Å². The highest BCUT2D eigenvalue weighted by molar-refractivity contribution is 9.10. The van der Waals surface area contributed by atoms with Crippen LogP contribution in [0.5, 0.6) is 11.5 Å². The van der Waals surface area contributed by atoms with E-state index in [1.54, 1.807) is 7.11 Å². The third-order valence-electron chi connectivity index (χ3n) is 2.62. The van der Waals surface area contributed by atoms with Crippen LogP contribution in [0.2, 0.25) is 0 Å². The molecule has 4 nitrogen and oxygen atoms in total. The van der Waals surface area contributed by atoms with E-state index >= 15 is 0 Å². The number of ether oxygens (including phenoxy) is 2. The van der Waals surface area contributed by atoms with Crippen LogP contribution in [0.25, 0.3) is 0 Å². The van der Waals surface area contributed by atoms with E-state index in [0.717, 1.165) is 16.5 Å². The van der Waals surface area contributed by atoms with Crippen molar-refractivity contribution in [2.75, 3.05) is 7.11 Å². The summed E-state index contributed by atoms with van der Waals surface area (Å²) in [6.45, 7) is 3.85. The highest BCUT2D eigenvalue weighted by Gasteiger charge is 2.16. The van der Waals surface area contributed by atoms with Crippen molar-refractivity contribution >= 4 is 15.9 Å². The summed E-state index contributed by atoms with van der Waals surface area (Å²) >= 11 is 3.46. The number of hydrogen-bond acceptors (Lipinski definition) is 4. The standard InChI is InChI=1S/C14H19BrN2O2/c1-4-11(8-16)19-14-12(15)6-10(5-9(2)17)7-13(14)18-3/h6-7,9,11H,4-5,17H2,1-3H3. The zero-order valence-electron chi connectivity index (χ0n) is 11.4. The van der Waals surface area contributed by atoms with Crippen molar-refractivity contribution in [3.8, 4) is 17.6 Å². The van der Waals surface area contributed by atoms with Crippen molar-refractivity contribution in [2.24, 2.45) is 5.73 Å². The van der Waals surface area contributed by atoms with Gasteiger partial charge in [0.15, 0.2) is 17.6 Å². The first-order valence-electron chi connectivity index (χ1n) is 6.20. The van der Waals surface area contributed by atoms with Gasteiger partial charge in [-0.15, -0.1) is 0 Å². The van der Waals surface area contributed by atoms with Crippen LogP contribution in [0.1, 0.15) is 25.8 Å². The van der Waals surface area contributed by atoms with Crippen LogP contribution in [-0.2, 0) is 6.42 Å². The van der Waals surface area contributed by atoms with Crippen LogP contribution in [0.3, 0.4) is 0 Å². The molecule has 1 aromatic carbocycles. The Morgan fingerprint density at radius 1 is 1.47 bits per heavy atom. The maximum absolute atomic E-state index is 8.97. The lowest BCUT2D eigenvalue weighted by Crippen LogP contribution is -2.18. The zero-order chi connectivity index (χ0) is 14.4. The van der Waals surface area contributed by atoms with E-state index in [-0.39, 0.29) is 6.04 Å². The third kappa shape index (κ3) is 4.41. The Bertz CT molecular complexity index is 469. The normalized spacial score (nSPS) is 13.5. The van der Waals surface area contributed by atoms with Gasteiger partial charge in [0.05, 0.1) is 11.6 Å². The number of methoxy groups -OCH3 is 1. The van der Waals surface area contributed by atoms with Gasteiger partial charge in [-0.25, -0.2) is 0 Å². The quantitative estimate of drug-likeness (QED) is 0.872. The van der Waals surface area contributed by atoms with E-state index in [1.165, 1.54) is 0 Å². The second-order valence-electron chi connectivity index (χ2n) is 4.43. The molecule has 2 N–H and O–H groups in total. The predicted octanol–water partition coefficient (Wildman–Crippen LogP) is 3.03. The smallest absolute Gasteiger partial charge is 0.184 e. The Hall–Kier alpha value is -1.25. The molecule has 0 radical (unpaired) electrons. The van der Waals surface area contributed by atoms with E-state index in [0.29, 0.717) is 17.9 Å². The van der Waals surface area contributed by atoms with Crippen LogP contribution in [-0.4, -0.2) is 19.3 Å². The molecule has 2 unspecified atom stereocenters. The lowest BCUT2D eigenvalue weighted by atomic mass is 10.1. The lowest BCUT2D eigenvalue weighted by molar-refractivity contribution is 0.237. The molecule has 0 aromatic heterocycles. The monoisotopic (exact) mass is 326 g/mol. The number of nitriles is 1. The summed E-state index contributed by atoms with van der Waals surface area (Å²) in [5.41, 5.74) is 6.86. The minimum absolute atomic E-state index is 0.0749. The summed E-state index contributed by atoms with van der Waals surface area (Å²) in [6.07, 6.45) is 0.891. The molecular formula is C14H19BrN2O2. The highest BCUT2D eigenvalue weighted by atomic mass is 79.9. The number of halogens is 1. The molecule has 1 rings (SSSR count). The molecule has 0 heterocycles. The van der Waals surface area contributed by atoms with E-state index in [4.69, 9.17) is 20.5 Å². The Kier molecular flexibility index (Phi) is 6.13. The first-order valence-corrected chi connectivity index (χ1v) is 6.99. The van der Waals surface area contributed by atoms with E-state index < -0.39 is 6.10 Å². The van der Waals surface area contributed by atoms with Crippen LogP contribution in [0.15, 0.2) is 16.6 Å². The van der Waals surface area contributed by atoms with Crippen LogP contribution in [0, 0.1) is 11.3 Å². The number of rotatable bonds is 6. The first-order chi connectivity index (χ1) is 9.01. The molecule has 19 heavy (non-hydrogen) atoms. The molecule has 5 heteroatoms. The Balaban J connectivity index is 3.08. The molecule has 0 saturated heterocycles. The van der Waals surface area contributed by atoms with E-state index in [2.05, 4.69) is 22.0 Å². The molecule has 0 aliphatic heterocycles. The summed E-state index contributed by atoms with van der Waals surface area (Å²) in [6, 6.07) is 6.03. The van der Waals surface area contributed by atoms with Gasteiger partial charge in [-0.05, 0) is 53.4 Å². The average molecular weight is 327 g/mol. The number of benzene rings is 1. The molecule has 2 atom stereocenters. The maximum Gasteiger partial charge on any atom is 0.184 e. The molecule has 0 aliphatic carbocycles. The molecular weight excluding hydrogens is 308 g/mol. The highest BCUT2D eigenvalue weighted by Crippen LogP contribution is 2.37. The van der Waals surface area contributed by atoms with Crippen molar-refractivity contribution in [2.45, 2.75) is 38.8 Å². The van der Waals surface area contributed by atoms with Gasteiger partial charge < -0.3 is 15.2 Å². The molecule has 1 aromatic rings. The Labute approximate surface area is 122 Å². The second-order valence-corrected chi connectivity index (χ2v) is 5.29. The predicted molar refractivity (Wildman–Crippen MR) is 78.4 cm³/mol. The van der Waals surface area contributed by atoms with Gasteiger partial charge in [-0.3, -0.25) is 0 Å². The molecule has 104 valence electrons. The lowest BCUT2D eigenvalue weighted by Gasteiger charge is -2.17. The van der Waals surface area contributed by atoms with Gasteiger partial charge in [-0.2, -0.15) is 5.26 Å². The summed E-state index contributed by atoms with van der Waals surface area (Å²) in [7, 11) is 1.58. The molecule has 0 saturated carbocycles. The van der Waals surface area contributed by atoms with Gasteiger partial charge in [0.2, 0.25) is 0 Å². The Morgan fingerprint density at radius 2 is 2.16 bits per heavy atom. The summed E-state index contributed by atoms with van der Waals surface area (Å²) in [5.74, 6) is 1.17. The zero-order valence-corrected chi connectivity index (χ0v) is 13.0. The topological polar surface area (TPSA) is 68.3 Å². The van der Waals surface area contributed by atoms with Crippen LogP contribution < -0.4 is 15.2 Å². The first kappa shape index (κ1) is 15.8. The Morgan fingerprint density at radius 3 is 2.63 bits per heavy atom. The third-order valence-corrected chi connectivity index (χ3v) is 3.21.